The average molecular weight is 341 g/mol. The Hall–Kier alpha value is -2.46. The van der Waals surface area contributed by atoms with E-state index in [0.717, 1.165) is 34.4 Å². The maximum absolute atomic E-state index is 11.9. The molecule has 24 heavy (non-hydrogen) atoms. The van der Waals surface area contributed by atoms with Crippen molar-refractivity contribution in [2.24, 2.45) is 5.92 Å². The normalized spacial score (nSPS) is 18.6. The maximum atomic E-state index is 11.9. The van der Waals surface area contributed by atoms with Gasteiger partial charge in [-0.1, -0.05) is 23.7 Å². The van der Waals surface area contributed by atoms with Gasteiger partial charge in [-0.25, -0.2) is 0 Å². The van der Waals surface area contributed by atoms with E-state index in [1.807, 2.05) is 30.5 Å². The Balaban J connectivity index is 1.65. The van der Waals surface area contributed by atoms with Crippen molar-refractivity contribution >= 4 is 29.8 Å². The van der Waals surface area contributed by atoms with Gasteiger partial charge in [-0.2, -0.15) is 0 Å². The summed E-state index contributed by atoms with van der Waals surface area (Å²) in [7, 11) is 0. The minimum absolute atomic E-state index is 0.115. The molecule has 1 aliphatic carbocycles. The van der Waals surface area contributed by atoms with Crippen LogP contribution in [0.15, 0.2) is 36.4 Å². The predicted molar refractivity (Wildman–Crippen MR) is 94.5 cm³/mol. The molecule has 1 atom stereocenters. The molecule has 4 nitrogen and oxygen atoms in total. The number of carbonyl (C=O) groups is 1. The molecule has 1 unspecified atom stereocenters. The highest BCUT2D eigenvalue weighted by atomic mass is 35.5. The number of nitrogens with one attached hydrogen (secondary N) is 2. The standard InChI is InChI=1S/C19H17ClN2O2/c20-17-6-5-15(23)9-16(17)13-4-3-12-8-18(21-10-14(12)7-13)22-19(24)11-1-2-11/h3-11,18,21,23H,1-2H2,(H,22,24). The summed E-state index contributed by atoms with van der Waals surface area (Å²) in [4.78, 5) is 11.9. The lowest BCUT2D eigenvalue weighted by molar-refractivity contribution is -0.122. The summed E-state index contributed by atoms with van der Waals surface area (Å²) in [5.41, 5.74) is 1.72. The molecule has 5 heteroatoms. The SMILES string of the molecule is O=C(NC1C=c2ccc(-c3cc(O)ccc3Cl)cc2=CN1)C1CC1. The second-order valence-corrected chi connectivity index (χ2v) is 6.65. The number of hydrogen-bond acceptors (Lipinski definition) is 3. The summed E-state index contributed by atoms with van der Waals surface area (Å²) >= 11 is 6.24. The van der Waals surface area contributed by atoms with E-state index in [1.165, 1.54) is 0 Å². The van der Waals surface area contributed by atoms with Crippen LogP contribution in [0, 0.1) is 5.92 Å². The molecule has 1 fully saturated rings. The number of phenols is 1. The number of carbonyl (C=O) groups excluding carboxylic acids is 1. The molecule has 0 radical (unpaired) electrons. The number of halogens is 1. The van der Waals surface area contributed by atoms with Crippen LogP contribution in [0.1, 0.15) is 12.8 Å². The van der Waals surface area contributed by atoms with Crippen molar-refractivity contribution in [2.75, 3.05) is 0 Å². The molecule has 4 rings (SSSR count). The van der Waals surface area contributed by atoms with Gasteiger partial charge in [0, 0.05) is 22.7 Å². The monoisotopic (exact) mass is 340 g/mol. The van der Waals surface area contributed by atoms with Gasteiger partial charge >= 0.3 is 0 Å². The van der Waals surface area contributed by atoms with Gasteiger partial charge < -0.3 is 15.7 Å². The molecule has 2 aromatic carbocycles. The van der Waals surface area contributed by atoms with Gasteiger partial charge in [-0.3, -0.25) is 4.79 Å². The molecule has 1 heterocycles. The first-order chi connectivity index (χ1) is 11.6. The van der Waals surface area contributed by atoms with E-state index in [2.05, 4.69) is 10.6 Å². The largest absolute Gasteiger partial charge is 0.508 e. The minimum Gasteiger partial charge on any atom is -0.508 e. The van der Waals surface area contributed by atoms with E-state index in [0.29, 0.717) is 5.02 Å². The lowest BCUT2D eigenvalue weighted by Gasteiger charge is -2.18. The third-order valence-electron chi connectivity index (χ3n) is 4.36. The van der Waals surface area contributed by atoms with Crippen LogP contribution in [0.5, 0.6) is 5.75 Å². The van der Waals surface area contributed by atoms with Crippen LogP contribution in [-0.4, -0.2) is 17.2 Å². The van der Waals surface area contributed by atoms with Crippen LogP contribution >= 0.6 is 11.6 Å². The van der Waals surface area contributed by atoms with Crippen molar-refractivity contribution in [1.29, 1.82) is 0 Å². The average Bonchev–Trinajstić information content (AvgIpc) is 3.42. The fourth-order valence-electron chi connectivity index (χ4n) is 2.86. The Morgan fingerprint density at radius 2 is 2.00 bits per heavy atom. The molecule has 122 valence electrons. The molecule has 0 aromatic heterocycles. The van der Waals surface area contributed by atoms with Crippen LogP contribution in [0.2, 0.25) is 5.02 Å². The highest BCUT2D eigenvalue weighted by molar-refractivity contribution is 6.33. The van der Waals surface area contributed by atoms with E-state index >= 15 is 0 Å². The summed E-state index contributed by atoms with van der Waals surface area (Å²) < 4.78 is 0. The molecule has 2 aliphatic rings. The minimum atomic E-state index is -0.180. The fraction of sp³-hybridized carbons (Fsp3) is 0.211. The Morgan fingerprint density at radius 3 is 2.79 bits per heavy atom. The lowest BCUT2D eigenvalue weighted by atomic mass is 10.0. The summed E-state index contributed by atoms with van der Waals surface area (Å²) in [5, 5.41) is 18.5. The van der Waals surface area contributed by atoms with Crippen LogP contribution < -0.4 is 21.1 Å². The summed E-state index contributed by atoms with van der Waals surface area (Å²) in [5.74, 6) is 0.490. The molecular formula is C19H17ClN2O2. The number of amides is 1. The molecule has 0 bridgehead atoms. The molecule has 0 spiro atoms. The first kappa shape index (κ1) is 15.1. The number of aromatic hydroxyl groups is 1. The molecular weight excluding hydrogens is 324 g/mol. The van der Waals surface area contributed by atoms with Crippen molar-refractivity contribution in [2.45, 2.75) is 19.0 Å². The Bertz CT molecular complexity index is 935. The van der Waals surface area contributed by atoms with Crippen molar-refractivity contribution in [1.82, 2.24) is 10.6 Å². The number of phenolic OH excluding ortho intramolecular Hbond substituents is 1. The smallest absolute Gasteiger partial charge is 0.224 e. The molecule has 1 saturated carbocycles. The topological polar surface area (TPSA) is 61.4 Å². The van der Waals surface area contributed by atoms with Gasteiger partial charge in [0.2, 0.25) is 5.91 Å². The molecule has 3 N–H and O–H groups in total. The number of fused-ring (bicyclic) bond motifs is 1. The van der Waals surface area contributed by atoms with Crippen LogP contribution in [0.25, 0.3) is 23.4 Å². The Morgan fingerprint density at radius 1 is 1.17 bits per heavy atom. The zero-order valence-electron chi connectivity index (χ0n) is 12.9. The van der Waals surface area contributed by atoms with Crippen LogP contribution in [0.4, 0.5) is 0 Å². The molecule has 1 aliphatic heterocycles. The molecule has 1 amide bonds. The quantitative estimate of drug-likeness (QED) is 0.797. The van der Waals surface area contributed by atoms with Gasteiger partial charge in [0.05, 0.1) is 0 Å². The van der Waals surface area contributed by atoms with Crippen molar-refractivity contribution in [3.63, 3.8) is 0 Å². The van der Waals surface area contributed by atoms with Crippen molar-refractivity contribution in [3.8, 4) is 16.9 Å². The highest BCUT2D eigenvalue weighted by Crippen LogP contribution is 2.30. The second-order valence-electron chi connectivity index (χ2n) is 6.25. The van der Waals surface area contributed by atoms with Crippen molar-refractivity contribution in [3.05, 3.63) is 51.9 Å². The van der Waals surface area contributed by atoms with E-state index in [-0.39, 0.29) is 23.7 Å². The van der Waals surface area contributed by atoms with Crippen LogP contribution in [-0.2, 0) is 4.79 Å². The maximum Gasteiger partial charge on any atom is 0.224 e. The molecule has 0 saturated heterocycles. The molecule has 2 aromatic rings. The fourth-order valence-corrected chi connectivity index (χ4v) is 3.09. The van der Waals surface area contributed by atoms with E-state index < -0.39 is 0 Å². The van der Waals surface area contributed by atoms with Crippen molar-refractivity contribution < 1.29 is 9.90 Å². The summed E-state index contributed by atoms with van der Waals surface area (Å²) in [6, 6.07) is 10.9. The first-order valence-corrected chi connectivity index (χ1v) is 8.35. The number of benzene rings is 2. The summed E-state index contributed by atoms with van der Waals surface area (Å²) in [6.45, 7) is 0. The van der Waals surface area contributed by atoms with E-state index in [9.17, 15) is 9.90 Å². The first-order valence-electron chi connectivity index (χ1n) is 7.97. The second kappa shape index (κ2) is 5.87. The van der Waals surface area contributed by atoms with Gasteiger partial charge in [-0.05, 0) is 59.2 Å². The predicted octanol–water partition coefficient (Wildman–Crippen LogP) is 1.69. The summed E-state index contributed by atoms with van der Waals surface area (Å²) in [6.07, 6.45) is 5.71. The zero-order chi connectivity index (χ0) is 16.7. The Labute approximate surface area is 144 Å². The lowest BCUT2D eigenvalue weighted by Crippen LogP contribution is -2.48. The van der Waals surface area contributed by atoms with E-state index in [1.54, 1.807) is 18.2 Å². The third kappa shape index (κ3) is 2.97. The Kier molecular flexibility index (Phi) is 3.69. The number of rotatable bonds is 3. The van der Waals surface area contributed by atoms with Crippen LogP contribution in [0.3, 0.4) is 0 Å². The third-order valence-corrected chi connectivity index (χ3v) is 4.69. The number of hydrogen-bond donors (Lipinski definition) is 3. The zero-order valence-corrected chi connectivity index (χ0v) is 13.7. The van der Waals surface area contributed by atoms with Gasteiger partial charge in [0.15, 0.2) is 0 Å². The van der Waals surface area contributed by atoms with E-state index in [4.69, 9.17) is 11.6 Å². The van der Waals surface area contributed by atoms with Gasteiger partial charge in [0.25, 0.3) is 0 Å². The van der Waals surface area contributed by atoms with Gasteiger partial charge in [-0.15, -0.1) is 0 Å². The van der Waals surface area contributed by atoms with Gasteiger partial charge in [0.1, 0.15) is 11.9 Å². The highest BCUT2D eigenvalue weighted by Gasteiger charge is 2.30.